The highest BCUT2D eigenvalue weighted by Gasteiger charge is 2.08. The Balaban J connectivity index is 1.99. The molecular formula is C15H15N3O3. The summed E-state index contributed by atoms with van der Waals surface area (Å²) >= 11 is 0. The molecule has 4 N–H and O–H groups in total. The summed E-state index contributed by atoms with van der Waals surface area (Å²) < 4.78 is 10.2. The monoisotopic (exact) mass is 285 g/mol. The van der Waals surface area contributed by atoms with E-state index in [1.165, 1.54) is 0 Å². The van der Waals surface area contributed by atoms with Crippen molar-refractivity contribution in [3.63, 3.8) is 0 Å². The van der Waals surface area contributed by atoms with Crippen molar-refractivity contribution in [1.82, 2.24) is 4.98 Å². The van der Waals surface area contributed by atoms with Crippen LogP contribution in [0.25, 0.3) is 11.1 Å². The number of hydrogen-bond acceptors (Lipinski definition) is 5. The van der Waals surface area contributed by atoms with E-state index in [0.717, 1.165) is 17.0 Å². The molecule has 3 rings (SSSR count). The van der Waals surface area contributed by atoms with Gasteiger partial charge in [-0.1, -0.05) is 0 Å². The fourth-order valence-electron chi connectivity index (χ4n) is 2.23. The van der Waals surface area contributed by atoms with Gasteiger partial charge in [-0.25, -0.2) is 4.79 Å². The number of nitrogens with two attached hydrogens (primary N) is 1. The molecule has 0 radical (unpaired) electrons. The molecule has 3 aromatic rings. The lowest BCUT2D eigenvalue weighted by Gasteiger charge is -2.11. The summed E-state index contributed by atoms with van der Waals surface area (Å²) in [6.07, 6.45) is 0. The van der Waals surface area contributed by atoms with E-state index in [2.05, 4.69) is 10.3 Å². The Hall–Kier alpha value is -2.89. The van der Waals surface area contributed by atoms with Crippen LogP contribution >= 0.6 is 0 Å². The van der Waals surface area contributed by atoms with Gasteiger partial charge in [0.25, 0.3) is 0 Å². The van der Waals surface area contributed by atoms with Crippen molar-refractivity contribution in [3.05, 3.63) is 46.4 Å². The average Bonchev–Trinajstić information content (AvgIpc) is 2.78. The Morgan fingerprint density at radius 1 is 1.29 bits per heavy atom. The number of aromatic amines is 1. The number of nitrogens with one attached hydrogen (secondary N) is 2. The predicted molar refractivity (Wildman–Crippen MR) is 82.3 cm³/mol. The van der Waals surface area contributed by atoms with Crippen molar-refractivity contribution in [2.24, 2.45) is 0 Å². The smallest absolute Gasteiger partial charge is 0.417 e. The lowest BCUT2D eigenvalue weighted by Crippen LogP contribution is -1.97. The van der Waals surface area contributed by atoms with Gasteiger partial charge in [-0.05, 0) is 36.8 Å². The lowest BCUT2D eigenvalue weighted by molar-refractivity contribution is 0.412. The van der Waals surface area contributed by atoms with E-state index in [1.54, 1.807) is 19.2 Å². The van der Waals surface area contributed by atoms with Gasteiger partial charge in [-0.15, -0.1) is 0 Å². The van der Waals surface area contributed by atoms with Gasteiger partial charge in [-0.3, -0.25) is 4.98 Å². The van der Waals surface area contributed by atoms with Crippen LogP contribution < -0.4 is 21.5 Å². The predicted octanol–water partition coefficient (Wildman–Crippen LogP) is 2.76. The highest BCUT2D eigenvalue weighted by Crippen LogP contribution is 2.29. The fraction of sp³-hybridized carbons (Fsp3) is 0.133. The third-order valence-corrected chi connectivity index (χ3v) is 3.26. The van der Waals surface area contributed by atoms with Gasteiger partial charge >= 0.3 is 5.76 Å². The standard InChI is InChI=1S/C15H15N3O3/c1-8-5-9(3-4-13(8)20-2)17-11-7-12-14(6-10(11)16)21-15(19)18-12/h3-7,17H,16H2,1-2H3,(H,18,19). The van der Waals surface area contributed by atoms with Crippen LogP contribution in [0.1, 0.15) is 5.56 Å². The van der Waals surface area contributed by atoms with E-state index >= 15 is 0 Å². The maximum absolute atomic E-state index is 11.2. The van der Waals surface area contributed by atoms with Crippen molar-refractivity contribution >= 4 is 28.2 Å². The summed E-state index contributed by atoms with van der Waals surface area (Å²) in [4.78, 5) is 13.8. The number of anilines is 3. The lowest BCUT2D eigenvalue weighted by atomic mass is 10.2. The number of hydrogen-bond donors (Lipinski definition) is 3. The van der Waals surface area contributed by atoms with E-state index in [9.17, 15) is 4.79 Å². The minimum absolute atomic E-state index is 0.439. The molecule has 2 aromatic carbocycles. The Labute approximate surface area is 120 Å². The molecule has 0 fully saturated rings. The van der Waals surface area contributed by atoms with Gasteiger partial charge in [0.15, 0.2) is 5.58 Å². The summed E-state index contributed by atoms with van der Waals surface area (Å²) in [7, 11) is 1.64. The molecule has 6 heteroatoms. The molecule has 0 atom stereocenters. The Morgan fingerprint density at radius 2 is 2.10 bits per heavy atom. The second kappa shape index (κ2) is 4.90. The zero-order chi connectivity index (χ0) is 15.0. The zero-order valence-corrected chi connectivity index (χ0v) is 11.7. The van der Waals surface area contributed by atoms with Crippen LogP contribution in [-0.2, 0) is 0 Å². The van der Waals surface area contributed by atoms with Crippen LogP contribution in [0.5, 0.6) is 5.75 Å². The Morgan fingerprint density at radius 3 is 2.81 bits per heavy atom. The quantitative estimate of drug-likeness (QED) is 0.643. The Kier molecular flexibility index (Phi) is 3.06. The molecule has 0 bridgehead atoms. The second-order valence-electron chi connectivity index (χ2n) is 4.76. The molecule has 108 valence electrons. The van der Waals surface area contributed by atoms with Gasteiger partial charge in [0.05, 0.1) is 24.0 Å². The summed E-state index contributed by atoms with van der Waals surface area (Å²) in [5, 5.41) is 3.22. The van der Waals surface area contributed by atoms with E-state index in [1.807, 2.05) is 25.1 Å². The molecule has 21 heavy (non-hydrogen) atoms. The minimum Gasteiger partial charge on any atom is -0.496 e. The number of H-pyrrole nitrogens is 1. The maximum atomic E-state index is 11.2. The summed E-state index contributed by atoms with van der Waals surface area (Å²) in [5.74, 6) is 0.324. The van der Waals surface area contributed by atoms with Crippen molar-refractivity contribution in [1.29, 1.82) is 0 Å². The molecule has 6 nitrogen and oxygen atoms in total. The third-order valence-electron chi connectivity index (χ3n) is 3.26. The molecule has 1 heterocycles. The van der Waals surface area contributed by atoms with Gasteiger partial charge in [0, 0.05) is 11.8 Å². The van der Waals surface area contributed by atoms with E-state index in [4.69, 9.17) is 14.9 Å². The van der Waals surface area contributed by atoms with E-state index < -0.39 is 5.76 Å². The van der Waals surface area contributed by atoms with Gasteiger partial charge in [0.1, 0.15) is 5.75 Å². The average molecular weight is 285 g/mol. The number of rotatable bonds is 3. The number of nitrogen functional groups attached to an aromatic ring is 1. The number of aromatic nitrogens is 1. The first-order valence-corrected chi connectivity index (χ1v) is 6.41. The van der Waals surface area contributed by atoms with E-state index in [-0.39, 0.29) is 0 Å². The molecule has 1 aromatic heterocycles. The van der Waals surface area contributed by atoms with Gasteiger partial charge < -0.3 is 20.2 Å². The zero-order valence-electron chi connectivity index (χ0n) is 11.7. The SMILES string of the molecule is COc1ccc(Nc2cc3[nH]c(=O)oc3cc2N)cc1C. The van der Waals surface area contributed by atoms with Crippen LogP contribution in [0, 0.1) is 6.92 Å². The second-order valence-corrected chi connectivity index (χ2v) is 4.76. The number of ether oxygens (including phenoxy) is 1. The first-order valence-electron chi connectivity index (χ1n) is 6.41. The fourth-order valence-corrected chi connectivity index (χ4v) is 2.23. The van der Waals surface area contributed by atoms with Crippen LogP contribution in [0.4, 0.5) is 17.1 Å². The molecule has 0 aliphatic carbocycles. The first kappa shape index (κ1) is 13.1. The summed E-state index contributed by atoms with van der Waals surface area (Å²) in [5.41, 5.74) is 10.1. The molecule has 0 saturated carbocycles. The normalized spacial score (nSPS) is 10.8. The first-order chi connectivity index (χ1) is 10.1. The molecule has 0 amide bonds. The van der Waals surface area contributed by atoms with Crippen molar-refractivity contribution < 1.29 is 9.15 Å². The summed E-state index contributed by atoms with van der Waals surface area (Å²) in [6, 6.07) is 9.10. The topological polar surface area (TPSA) is 93.3 Å². The van der Waals surface area contributed by atoms with Crippen LogP contribution in [0.3, 0.4) is 0 Å². The van der Waals surface area contributed by atoms with Crippen molar-refractivity contribution in [3.8, 4) is 5.75 Å². The highest BCUT2D eigenvalue weighted by molar-refractivity contribution is 5.87. The largest absolute Gasteiger partial charge is 0.496 e. The molecule has 0 saturated heterocycles. The maximum Gasteiger partial charge on any atom is 0.417 e. The third kappa shape index (κ3) is 2.43. The molecule has 0 aliphatic heterocycles. The van der Waals surface area contributed by atoms with Crippen molar-refractivity contribution in [2.75, 3.05) is 18.2 Å². The van der Waals surface area contributed by atoms with Crippen LogP contribution in [0.15, 0.2) is 39.5 Å². The number of oxazole rings is 1. The Bertz CT molecular complexity index is 864. The van der Waals surface area contributed by atoms with Gasteiger partial charge in [-0.2, -0.15) is 0 Å². The van der Waals surface area contributed by atoms with Crippen LogP contribution in [-0.4, -0.2) is 12.1 Å². The number of aryl methyl sites for hydroxylation is 1. The molecule has 0 unspecified atom stereocenters. The number of benzene rings is 2. The van der Waals surface area contributed by atoms with Gasteiger partial charge in [0.2, 0.25) is 0 Å². The highest BCUT2D eigenvalue weighted by atomic mass is 16.5. The number of methoxy groups -OCH3 is 1. The van der Waals surface area contributed by atoms with Crippen molar-refractivity contribution in [2.45, 2.75) is 6.92 Å². The number of fused-ring (bicyclic) bond motifs is 1. The molecular weight excluding hydrogens is 270 g/mol. The summed E-state index contributed by atoms with van der Waals surface area (Å²) in [6.45, 7) is 1.96. The molecule has 0 aliphatic rings. The van der Waals surface area contributed by atoms with Crippen LogP contribution in [0.2, 0.25) is 0 Å². The van der Waals surface area contributed by atoms with E-state index in [0.29, 0.717) is 22.5 Å². The minimum atomic E-state index is -0.498. The molecule has 0 spiro atoms.